The Labute approximate surface area is 120 Å². The number of alkyl halides is 3. The van der Waals surface area contributed by atoms with Crippen LogP contribution in [0.5, 0.6) is 0 Å². The molecule has 8 heteroatoms. The smallest absolute Gasteiger partial charge is 0.409 e. The average Bonchev–Trinajstić information content (AvgIpc) is 2.38. The zero-order valence-corrected chi connectivity index (χ0v) is 11.5. The quantitative estimate of drug-likeness (QED) is 0.917. The molecule has 0 bridgehead atoms. The highest BCUT2D eigenvalue weighted by Gasteiger charge is 2.46. The van der Waals surface area contributed by atoms with E-state index in [1.165, 1.54) is 16.0 Å². The highest BCUT2D eigenvalue weighted by Crippen LogP contribution is 2.31. The Balaban J connectivity index is 2.20. The van der Waals surface area contributed by atoms with Gasteiger partial charge in [-0.05, 0) is 19.1 Å². The summed E-state index contributed by atoms with van der Waals surface area (Å²) in [6, 6.07) is 1.54. The van der Waals surface area contributed by atoms with Crippen LogP contribution in [0.25, 0.3) is 0 Å². The third-order valence-corrected chi connectivity index (χ3v) is 3.43. The van der Waals surface area contributed by atoms with Gasteiger partial charge in [-0.1, -0.05) is 0 Å². The molecular formula is C13H16F3N3O2. The molecule has 1 unspecified atom stereocenters. The van der Waals surface area contributed by atoms with Gasteiger partial charge in [-0.25, -0.2) is 0 Å². The standard InChI is InChI=1S/C13H16F3N3O2/c1-9-2-3-10(6-17-9)19-5-4-18(8-12(20)21)7-11(19)13(14,15)16/h2-3,6,11H,4-5,7-8H2,1H3,(H,20,21). The Kier molecular flexibility index (Phi) is 4.36. The summed E-state index contributed by atoms with van der Waals surface area (Å²) in [5.74, 6) is -1.12. The van der Waals surface area contributed by atoms with Crippen molar-refractivity contribution in [1.82, 2.24) is 9.88 Å². The van der Waals surface area contributed by atoms with Gasteiger partial charge in [0.15, 0.2) is 0 Å². The van der Waals surface area contributed by atoms with Gasteiger partial charge in [0.1, 0.15) is 6.04 Å². The normalized spacial score (nSPS) is 20.6. The Morgan fingerprint density at radius 3 is 2.67 bits per heavy atom. The summed E-state index contributed by atoms with van der Waals surface area (Å²) in [6.07, 6.45) is -3.01. The van der Waals surface area contributed by atoms with Gasteiger partial charge in [-0.3, -0.25) is 14.7 Å². The summed E-state index contributed by atoms with van der Waals surface area (Å²) in [5.41, 5.74) is 1.13. The molecule has 116 valence electrons. The lowest BCUT2D eigenvalue weighted by atomic mass is 10.1. The van der Waals surface area contributed by atoms with Gasteiger partial charge >= 0.3 is 12.1 Å². The number of pyridine rings is 1. The van der Waals surface area contributed by atoms with Gasteiger partial charge in [0.2, 0.25) is 0 Å². The van der Waals surface area contributed by atoms with Gasteiger partial charge < -0.3 is 10.0 Å². The van der Waals surface area contributed by atoms with Crippen molar-refractivity contribution in [3.05, 3.63) is 24.0 Å². The Bertz CT molecular complexity index is 504. The lowest BCUT2D eigenvalue weighted by Crippen LogP contribution is -2.59. The van der Waals surface area contributed by atoms with Crippen molar-refractivity contribution in [3.8, 4) is 0 Å². The van der Waals surface area contributed by atoms with Gasteiger partial charge in [-0.2, -0.15) is 13.2 Å². The van der Waals surface area contributed by atoms with Gasteiger partial charge in [0.05, 0.1) is 18.4 Å². The van der Waals surface area contributed by atoms with Crippen LogP contribution in [-0.2, 0) is 4.79 Å². The fraction of sp³-hybridized carbons (Fsp3) is 0.538. The fourth-order valence-electron chi connectivity index (χ4n) is 2.39. The Hall–Kier alpha value is -1.83. The number of piperazine rings is 1. The number of anilines is 1. The van der Waals surface area contributed by atoms with E-state index < -0.39 is 18.2 Å². The predicted octanol–water partition coefficient (Wildman–Crippen LogP) is 1.53. The van der Waals surface area contributed by atoms with E-state index in [4.69, 9.17) is 5.11 Å². The first kappa shape index (κ1) is 15.6. The molecule has 1 atom stereocenters. The molecular weight excluding hydrogens is 287 g/mol. The van der Waals surface area contributed by atoms with Crippen LogP contribution in [0.2, 0.25) is 0 Å². The molecule has 2 rings (SSSR count). The summed E-state index contributed by atoms with van der Waals surface area (Å²) in [5, 5.41) is 8.72. The number of nitrogens with zero attached hydrogens (tertiary/aromatic N) is 3. The minimum absolute atomic E-state index is 0.113. The zero-order chi connectivity index (χ0) is 15.6. The van der Waals surface area contributed by atoms with Crippen molar-refractivity contribution in [2.75, 3.05) is 31.1 Å². The van der Waals surface area contributed by atoms with Crippen molar-refractivity contribution in [1.29, 1.82) is 0 Å². The molecule has 1 aliphatic rings. The van der Waals surface area contributed by atoms with Crippen LogP contribution in [0.4, 0.5) is 18.9 Å². The number of halogens is 3. The number of carboxylic acid groups (broad SMARTS) is 1. The largest absolute Gasteiger partial charge is 0.480 e. The maximum Gasteiger partial charge on any atom is 0.409 e. The predicted molar refractivity (Wildman–Crippen MR) is 70.2 cm³/mol. The fourth-order valence-corrected chi connectivity index (χ4v) is 2.39. The molecule has 1 aliphatic heterocycles. The van der Waals surface area contributed by atoms with Crippen LogP contribution < -0.4 is 4.90 Å². The number of aliphatic carboxylic acids is 1. The van der Waals surface area contributed by atoms with Crippen LogP contribution in [0.1, 0.15) is 5.69 Å². The lowest BCUT2D eigenvalue weighted by molar-refractivity contribution is -0.159. The second-order valence-corrected chi connectivity index (χ2v) is 5.04. The lowest BCUT2D eigenvalue weighted by Gasteiger charge is -2.42. The number of carboxylic acids is 1. The number of hydrogen-bond donors (Lipinski definition) is 1. The Morgan fingerprint density at radius 2 is 2.14 bits per heavy atom. The maximum absolute atomic E-state index is 13.2. The van der Waals surface area contributed by atoms with Crippen LogP contribution in [0, 0.1) is 6.92 Å². The summed E-state index contributed by atoms with van der Waals surface area (Å²) < 4.78 is 39.7. The number of hydrogen-bond acceptors (Lipinski definition) is 4. The minimum Gasteiger partial charge on any atom is -0.480 e. The molecule has 1 saturated heterocycles. The molecule has 1 N–H and O–H groups in total. The molecule has 5 nitrogen and oxygen atoms in total. The van der Waals surface area contributed by atoms with E-state index in [1.807, 2.05) is 0 Å². The first-order chi connectivity index (χ1) is 9.77. The first-order valence-corrected chi connectivity index (χ1v) is 6.47. The molecule has 0 aliphatic carbocycles. The third-order valence-electron chi connectivity index (χ3n) is 3.43. The molecule has 0 saturated carbocycles. The van der Waals surface area contributed by atoms with E-state index >= 15 is 0 Å². The van der Waals surface area contributed by atoms with Crippen molar-refractivity contribution in [2.24, 2.45) is 0 Å². The van der Waals surface area contributed by atoms with Gasteiger partial charge in [0.25, 0.3) is 0 Å². The molecule has 0 spiro atoms. The maximum atomic E-state index is 13.2. The Morgan fingerprint density at radius 1 is 1.43 bits per heavy atom. The molecule has 0 amide bonds. The summed E-state index contributed by atoms with van der Waals surface area (Å²) in [7, 11) is 0. The second-order valence-electron chi connectivity index (χ2n) is 5.04. The highest BCUT2D eigenvalue weighted by atomic mass is 19.4. The molecule has 1 fully saturated rings. The minimum atomic E-state index is -4.43. The van der Waals surface area contributed by atoms with Crippen LogP contribution in [0.3, 0.4) is 0 Å². The first-order valence-electron chi connectivity index (χ1n) is 6.47. The number of aryl methyl sites for hydroxylation is 1. The van der Waals surface area contributed by atoms with Crippen LogP contribution >= 0.6 is 0 Å². The number of aromatic nitrogens is 1. The molecule has 0 aromatic carbocycles. The van der Waals surface area contributed by atoms with E-state index in [0.29, 0.717) is 5.69 Å². The molecule has 0 radical (unpaired) electrons. The second kappa shape index (κ2) is 5.88. The highest BCUT2D eigenvalue weighted by molar-refractivity contribution is 5.69. The molecule has 2 heterocycles. The average molecular weight is 303 g/mol. The van der Waals surface area contributed by atoms with E-state index in [0.717, 1.165) is 5.69 Å². The van der Waals surface area contributed by atoms with E-state index in [9.17, 15) is 18.0 Å². The molecule has 1 aromatic heterocycles. The molecule has 1 aromatic rings. The van der Waals surface area contributed by atoms with Crippen molar-refractivity contribution < 1.29 is 23.1 Å². The van der Waals surface area contributed by atoms with E-state index in [-0.39, 0.29) is 26.2 Å². The topological polar surface area (TPSA) is 56.7 Å². The summed E-state index contributed by atoms with van der Waals surface area (Å²) >= 11 is 0. The summed E-state index contributed by atoms with van der Waals surface area (Å²) in [6.45, 7) is 1.40. The summed E-state index contributed by atoms with van der Waals surface area (Å²) in [4.78, 5) is 17.2. The monoisotopic (exact) mass is 303 g/mol. The van der Waals surface area contributed by atoms with E-state index in [1.54, 1.807) is 19.1 Å². The number of carbonyl (C=O) groups is 1. The van der Waals surface area contributed by atoms with Gasteiger partial charge in [-0.15, -0.1) is 0 Å². The SMILES string of the molecule is Cc1ccc(N2CCN(CC(=O)O)CC2C(F)(F)F)cn1. The van der Waals surface area contributed by atoms with Gasteiger partial charge in [0, 0.05) is 25.3 Å². The van der Waals surface area contributed by atoms with Crippen molar-refractivity contribution in [2.45, 2.75) is 19.1 Å². The van der Waals surface area contributed by atoms with Crippen LogP contribution in [0.15, 0.2) is 18.3 Å². The zero-order valence-electron chi connectivity index (χ0n) is 11.5. The van der Waals surface area contributed by atoms with E-state index in [2.05, 4.69) is 4.98 Å². The van der Waals surface area contributed by atoms with Crippen LogP contribution in [-0.4, -0.2) is 59.4 Å². The third kappa shape index (κ3) is 3.84. The van der Waals surface area contributed by atoms with Crippen molar-refractivity contribution in [3.63, 3.8) is 0 Å². The molecule has 21 heavy (non-hydrogen) atoms. The van der Waals surface area contributed by atoms with Crippen molar-refractivity contribution >= 4 is 11.7 Å². The number of rotatable bonds is 3.